The molecule has 0 radical (unpaired) electrons. The van der Waals surface area contributed by atoms with E-state index in [0.29, 0.717) is 5.54 Å². The van der Waals surface area contributed by atoms with Crippen molar-refractivity contribution in [2.75, 3.05) is 60.4 Å². The summed E-state index contributed by atoms with van der Waals surface area (Å²) in [6, 6.07) is 0.0724. The van der Waals surface area contributed by atoms with Gasteiger partial charge in [-0.1, -0.05) is 25.7 Å². The second kappa shape index (κ2) is 12.0. The first kappa shape index (κ1) is 24.3. The Morgan fingerprint density at radius 3 is 2.39 bits per heavy atom. The lowest BCUT2D eigenvalue weighted by atomic mass is 9.79. The van der Waals surface area contributed by atoms with Crippen LogP contribution in [0.15, 0.2) is 4.99 Å². The lowest BCUT2D eigenvalue weighted by Gasteiger charge is -2.48. The Morgan fingerprint density at radius 1 is 1.00 bits per heavy atom. The lowest BCUT2D eigenvalue weighted by Crippen LogP contribution is -2.59. The molecule has 1 unspecified atom stereocenters. The molecule has 2 saturated heterocycles. The molecular formula is C24H46N6O. The SMILES string of the molecule is CN=C(NCCCN1CCCC1C(=O)N(C)C)NCC1(N2CCCCC2)CCCCC1. The first-order valence-electron chi connectivity index (χ1n) is 12.7. The van der Waals surface area contributed by atoms with Crippen LogP contribution in [0.25, 0.3) is 0 Å². The van der Waals surface area contributed by atoms with Crippen molar-refractivity contribution >= 4 is 11.9 Å². The maximum atomic E-state index is 12.4. The quantitative estimate of drug-likeness (QED) is 0.349. The molecule has 1 amide bonds. The summed E-state index contributed by atoms with van der Waals surface area (Å²) >= 11 is 0. The van der Waals surface area contributed by atoms with Crippen LogP contribution in [0.3, 0.4) is 0 Å². The van der Waals surface area contributed by atoms with Gasteiger partial charge in [-0.15, -0.1) is 0 Å². The van der Waals surface area contributed by atoms with Crippen LogP contribution >= 0.6 is 0 Å². The molecular weight excluding hydrogens is 388 g/mol. The van der Waals surface area contributed by atoms with E-state index in [1.54, 1.807) is 4.90 Å². The van der Waals surface area contributed by atoms with E-state index in [0.717, 1.165) is 51.4 Å². The summed E-state index contributed by atoms with van der Waals surface area (Å²) in [5.74, 6) is 1.17. The van der Waals surface area contributed by atoms with Crippen molar-refractivity contribution in [2.45, 2.75) is 82.2 Å². The van der Waals surface area contributed by atoms with Crippen LogP contribution in [-0.4, -0.2) is 98.6 Å². The number of carbonyl (C=O) groups excluding carboxylic acids is 1. The largest absolute Gasteiger partial charge is 0.356 e. The first-order chi connectivity index (χ1) is 15.1. The van der Waals surface area contributed by atoms with Gasteiger partial charge in [0.1, 0.15) is 0 Å². The number of aliphatic imine (C=N–C) groups is 1. The van der Waals surface area contributed by atoms with E-state index in [-0.39, 0.29) is 11.9 Å². The average molecular weight is 435 g/mol. The number of hydrogen-bond donors (Lipinski definition) is 2. The average Bonchev–Trinajstić information content (AvgIpc) is 3.27. The molecule has 2 aliphatic heterocycles. The van der Waals surface area contributed by atoms with Crippen LogP contribution in [-0.2, 0) is 4.79 Å². The maximum Gasteiger partial charge on any atom is 0.239 e. The molecule has 0 bridgehead atoms. The summed E-state index contributed by atoms with van der Waals surface area (Å²) < 4.78 is 0. The number of piperidine rings is 1. The Bertz CT molecular complexity index is 581. The minimum atomic E-state index is 0.0724. The van der Waals surface area contributed by atoms with Crippen LogP contribution in [0.2, 0.25) is 0 Å². The lowest BCUT2D eigenvalue weighted by molar-refractivity contribution is -0.133. The number of amides is 1. The van der Waals surface area contributed by atoms with E-state index in [2.05, 4.69) is 25.4 Å². The topological polar surface area (TPSA) is 63.2 Å². The minimum Gasteiger partial charge on any atom is -0.356 e. The highest BCUT2D eigenvalue weighted by atomic mass is 16.2. The summed E-state index contributed by atoms with van der Waals surface area (Å²) in [4.78, 5) is 23.7. The number of nitrogens with zero attached hydrogens (tertiary/aromatic N) is 4. The number of rotatable bonds is 8. The zero-order chi connectivity index (χ0) is 22.1. The molecule has 3 aliphatic rings. The second-order valence-corrected chi connectivity index (χ2v) is 9.97. The molecule has 1 aliphatic carbocycles. The predicted molar refractivity (Wildman–Crippen MR) is 129 cm³/mol. The van der Waals surface area contributed by atoms with E-state index < -0.39 is 0 Å². The summed E-state index contributed by atoms with van der Waals surface area (Å²) in [6.07, 6.45) is 13.9. The van der Waals surface area contributed by atoms with Crippen LogP contribution < -0.4 is 10.6 Å². The van der Waals surface area contributed by atoms with Gasteiger partial charge in [0.2, 0.25) is 5.91 Å². The molecule has 2 heterocycles. The van der Waals surface area contributed by atoms with Crippen molar-refractivity contribution in [1.82, 2.24) is 25.3 Å². The fraction of sp³-hybridized carbons (Fsp3) is 0.917. The highest BCUT2D eigenvalue weighted by Crippen LogP contribution is 2.35. The fourth-order valence-electron chi connectivity index (χ4n) is 5.81. The van der Waals surface area contributed by atoms with Crippen LogP contribution in [0, 0.1) is 0 Å². The zero-order valence-electron chi connectivity index (χ0n) is 20.3. The van der Waals surface area contributed by atoms with Crippen molar-refractivity contribution in [1.29, 1.82) is 0 Å². The molecule has 0 aromatic heterocycles. The van der Waals surface area contributed by atoms with Gasteiger partial charge in [0, 0.05) is 46.3 Å². The summed E-state index contributed by atoms with van der Waals surface area (Å²) in [5, 5.41) is 7.19. The van der Waals surface area contributed by atoms with E-state index >= 15 is 0 Å². The Morgan fingerprint density at radius 2 is 1.71 bits per heavy atom. The molecule has 1 atom stereocenters. The molecule has 1 saturated carbocycles. The van der Waals surface area contributed by atoms with Gasteiger partial charge in [-0.3, -0.25) is 19.6 Å². The van der Waals surface area contributed by atoms with Gasteiger partial charge in [0.05, 0.1) is 6.04 Å². The minimum absolute atomic E-state index is 0.0724. The molecule has 3 rings (SSSR count). The zero-order valence-corrected chi connectivity index (χ0v) is 20.3. The van der Waals surface area contributed by atoms with Gasteiger partial charge in [-0.05, 0) is 64.6 Å². The van der Waals surface area contributed by atoms with Gasteiger partial charge in [0.25, 0.3) is 0 Å². The van der Waals surface area contributed by atoms with Crippen molar-refractivity contribution in [2.24, 2.45) is 4.99 Å². The van der Waals surface area contributed by atoms with Crippen molar-refractivity contribution < 1.29 is 4.79 Å². The molecule has 0 aromatic rings. The van der Waals surface area contributed by atoms with Gasteiger partial charge < -0.3 is 15.5 Å². The molecule has 0 spiro atoms. The van der Waals surface area contributed by atoms with Gasteiger partial charge in [-0.2, -0.15) is 0 Å². The molecule has 178 valence electrons. The smallest absolute Gasteiger partial charge is 0.239 e. The van der Waals surface area contributed by atoms with Crippen LogP contribution in [0.5, 0.6) is 0 Å². The first-order valence-corrected chi connectivity index (χ1v) is 12.7. The van der Waals surface area contributed by atoms with Crippen molar-refractivity contribution in [3.63, 3.8) is 0 Å². The maximum absolute atomic E-state index is 12.4. The molecule has 3 fully saturated rings. The molecule has 0 aromatic carbocycles. The highest BCUT2D eigenvalue weighted by molar-refractivity contribution is 5.81. The van der Waals surface area contributed by atoms with Crippen molar-refractivity contribution in [3.05, 3.63) is 0 Å². The predicted octanol–water partition coefficient (Wildman–Crippen LogP) is 2.28. The summed E-state index contributed by atoms with van der Waals surface area (Å²) in [7, 11) is 5.59. The van der Waals surface area contributed by atoms with Gasteiger partial charge in [0.15, 0.2) is 5.96 Å². The van der Waals surface area contributed by atoms with E-state index in [4.69, 9.17) is 0 Å². The normalized spacial score (nSPS) is 25.4. The summed E-state index contributed by atoms with van der Waals surface area (Å²) in [6.45, 7) is 6.41. The van der Waals surface area contributed by atoms with E-state index in [1.807, 2.05) is 21.1 Å². The Labute approximate surface area is 190 Å². The van der Waals surface area contributed by atoms with Crippen LogP contribution in [0.4, 0.5) is 0 Å². The number of likely N-dealkylation sites (N-methyl/N-ethyl adjacent to an activating group) is 1. The molecule has 2 N–H and O–H groups in total. The second-order valence-electron chi connectivity index (χ2n) is 9.97. The summed E-state index contributed by atoms with van der Waals surface area (Å²) in [5.41, 5.74) is 0.311. The van der Waals surface area contributed by atoms with E-state index in [9.17, 15) is 4.79 Å². The Balaban J connectivity index is 1.43. The third-order valence-corrected chi connectivity index (χ3v) is 7.62. The fourth-order valence-corrected chi connectivity index (χ4v) is 5.81. The third kappa shape index (κ3) is 6.58. The third-order valence-electron chi connectivity index (χ3n) is 7.62. The van der Waals surface area contributed by atoms with Crippen LogP contribution in [0.1, 0.15) is 70.6 Å². The van der Waals surface area contributed by atoms with Crippen molar-refractivity contribution in [3.8, 4) is 0 Å². The monoisotopic (exact) mass is 434 g/mol. The van der Waals surface area contributed by atoms with E-state index in [1.165, 1.54) is 64.5 Å². The molecule has 31 heavy (non-hydrogen) atoms. The molecule has 7 nitrogen and oxygen atoms in total. The number of nitrogens with one attached hydrogen (secondary N) is 2. The number of guanidine groups is 1. The van der Waals surface area contributed by atoms with Gasteiger partial charge in [-0.25, -0.2) is 0 Å². The number of hydrogen-bond acceptors (Lipinski definition) is 4. The number of likely N-dealkylation sites (tertiary alicyclic amines) is 2. The standard InChI is InChI=1S/C24H46N6O/c1-25-23(26-15-11-17-29-16-10-12-21(29)22(31)28(2)3)27-20-24(13-6-4-7-14-24)30-18-8-5-9-19-30/h21H,4-20H2,1-3H3,(H2,25,26,27). The molecule has 7 heteroatoms. The Kier molecular flexibility index (Phi) is 9.45. The van der Waals surface area contributed by atoms with Gasteiger partial charge >= 0.3 is 0 Å². The number of carbonyl (C=O) groups is 1. The highest BCUT2D eigenvalue weighted by Gasteiger charge is 2.38. The Hall–Kier alpha value is -1.34.